The van der Waals surface area contributed by atoms with E-state index < -0.39 is 16.1 Å². The molecule has 0 aliphatic heterocycles. The fraction of sp³-hybridized carbons (Fsp3) is 0.188. The van der Waals surface area contributed by atoms with Crippen LogP contribution in [0.3, 0.4) is 0 Å². The third-order valence-corrected chi connectivity index (χ3v) is 6.44. The fourth-order valence-corrected chi connectivity index (χ4v) is 4.78. The van der Waals surface area contributed by atoms with E-state index >= 15 is 0 Å². The lowest BCUT2D eigenvalue weighted by molar-refractivity contribution is 0.173. The molecule has 0 amide bonds. The van der Waals surface area contributed by atoms with Crippen LogP contribution >= 0.6 is 22.9 Å². The fourth-order valence-electron chi connectivity index (χ4n) is 2.28. The molecule has 0 aliphatic carbocycles. The van der Waals surface area contributed by atoms with Crippen LogP contribution in [0.1, 0.15) is 23.1 Å². The number of anilines is 1. The second kappa shape index (κ2) is 7.67. The molecule has 0 fully saturated rings. The van der Waals surface area contributed by atoms with E-state index in [1.54, 1.807) is 36.7 Å². The van der Waals surface area contributed by atoms with Gasteiger partial charge in [-0.05, 0) is 30.7 Å². The van der Waals surface area contributed by atoms with Crippen molar-refractivity contribution < 1.29 is 13.5 Å². The van der Waals surface area contributed by atoms with Crippen molar-refractivity contribution in [3.05, 3.63) is 64.1 Å². The normalized spacial score (nSPS) is 12.7. The zero-order valence-electron chi connectivity index (χ0n) is 13.6. The van der Waals surface area contributed by atoms with E-state index in [0.717, 1.165) is 11.3 Å². The number of thiazole rings is 1. The highest BCUT2D eigenvalue weighted by Gasteiger charge is 2.21. The third-order valence-electron chi connectivity index (χ3n) is 3.64. The molecule has 2 aromatic heterocycles. The van der Waals surface area contributed by atoms with Gasteiger partial charge in [-0.15, -0.1) is 11.3 Å². The molecule has 1 unspecified atom stereocenters. The minimum atomic E-state index is -3.83. The number of nitrogens with zero attached hydrogens (tertiary/aromatic N) is 3. The molecule has 3 rings (SSSR count). The Labute approximate surface area is 159 Å². The largest absolute Gasteiger partial charge is 0.386 e. The van der Waals surface area contributed by atoms with Crippen LogP contribution in [-0.4, -0.2) is 28.5 Å². The van der Waals surface area contributed by atoms with Crippen molar-refractivity contribution in [2.45, 2.75) is 24.3 Å². The number of halogens is 1. The molecule has 3 aromatic rings. The van der Waals surface area contributed by atoms with Gasteiger partial charge in [-0.1, -0.05) is 17.7 Å². The van der Waals surface area contributed by atoms with Crippen molar-refractivity contribution in [1.29, 1.82) is 0 Å². The second-order valence-electron chi connectivity index (χ2n) is 5.47. The van der Waals surface area contributed by atoms with Gasteiger partial charge in [-0.2, -0.15) is 0 Å². The summed E-state index contributed by atoms with van der Waals surface area (Å²) >= 11 is 7.09. The molecule has 0 saturated heterocycles. The van der Waals surface area contributed by atoms with Gasteiger partial charge in [0, 0.05) is 28.7 Å². The summed E-state index contributed by atoms with van der Waals surface area (Å²) < 4.78 is 27.6. The first-order valence-corrected chi connectivity index (χ1v) is 10.3. The smallest absolute Gasteiger partial charge is 0.263 e. The summed E-state index contributed by atoms with van der Waals surface area (Å²) in [6.45, 7) is 1.63. The molecule has 10 heteroatoms. The number of sulfonamides is 1. The van der Waals surface area contributed by atoms with Crippen LogP contribution in [0.4, 0.5) is 5.13 Å². The maximum atomic E-state index is 12.6. The van der Waals surface area contributed by atoms with E-state index in [4.69, 9.17) is 11.6 Å². The zero-order chi connectivity index (χ0) is 18.7. The lowest BCUT2D eigenvalue weighted by atomic mass is 10.1. The van der Waals surface area contributed by atoms with Crippen LogP contribution in [0.2, 0.25) is 5.02 Å². The highest BCUT2D eigenvalue weighted by molar-refractivity contribution is 7.93. The van der Waals surface area contributed by atoms with Crippen molar-refractivity contribution in [3.63, 3.8) is 0 Å². The summed E-state index contributed by atoms with van der Waals surface area (Å²) in [4.78, 5) is 12.1. The predicted octanol–water partition coefficient (Wildman–Crippen LogP) is 2.97. The van der Waals surface area contributed by atoms with Crippen molar-refractivity contribution in [1.82, 2.24) is 15.0 Å². The number of aromatic nitrogens is 3. The highest BCUT2D eigenvalue weighted by atomic mass is 35.5. The van der Waals surface area contributed by atoms with Gasteiger partial charge in [-0.25, -0.2) is 23.4 Å². The summed E-state index contributed by atoms with van der Waals surface area (Å²) in [5, 5.41) is 12.4. The van der Waals surface area contributed by atoms with Crippen LogP contribution in [0.15, 0.2) is 47.1 Å². The lowest BCUT2D eigenvalue weighted by Gasteiger charge is -2.09. The van der Waals surface area contributed by atoms with Gasteiger partial charge in [0.05, 0.1) is 10.6 Å². The van der Waals surface area contributed by atoms with Crippen LogP contribution in [0.5, 0.6) is 0 Å². The Morgan fingerprint density at radius 3 is 2.88 bits per heavy atom. The van der Waals surface area contributed by atoms with Crippen molar-refractivity contribution in [2.75, 3.05) is 4.72 Å². The average Bonchev–Trinajstić information content (AvgIpc) is 3.06. The van der Waals surface area contributed by atoms with Gasteiger partial charge in [-0.3, -0.25) is 4.72 Å². The topological polar surface area (TPSA) is 105 Å². The van der Waals surface area contributed by atoms with E-state index in [9.17, 15) is 13.5 Å². The van der Waals surface area contributed by atoms with Crippen LogP contribution in [0.25, 0.3) is 0 Å². The Balaban J connectivity index is 1.76. The zero-order valence-corrected chi connectivity index (χ0v) is 16.0. The Morgan fingerprint density at radius 2 is 2.15 bits per heavy atom. The molecule has 0 bridgehead atoms. The summed E-state index contributed by atoms with van der Waals surface area (Å²) in [6.07, 6.45) is 2.34. The predicted molar refractivity (Wildman–Crippen MR) is 99.8 cm³/mol. The van der Waals surface area contributed by atoms with E-state index in [0.29, 0.717) is 22.0 Å². The summed E-state index contributed by atoms with van der Waals surface area (Å²) in [5.74, 6) is 0. The summed E-state index contributed by atoms with van der Waals surface area (Å²) in [5.41, 5.74) is 1.49. The molecule has 0 saturated carbocycles. The molecule has 7 nitrogen and oxygen atoms in total. The van der Waals surface area contributed by atoms with Crippen LogP contribution in [-0.2, 0) is 16.4 Å². The van der Waals surface area contributed by atoms with E-state index in [-0.39, 0.29) is 16.4 Å². The SMILES string of the molecule is Cc1c(Cl)cccc1S(=O)(=O)Nc1nc(C(O)Cc2ccncn2)cs1. The van der Waals surface area contributed by atoms with E-state index in [2.05, 4.69) is 19.7 Å². The number of rotatable bonds is 6. The number of aliphatic hydroxyl groups excluding tert-OH is 1. The van der Waals surface area contributed by atoms with Crippen LogP contribution in [0, 0.1) is 6.92 Å². The number of aliphatic hydroxyl groups is 1. The monoisotopic (exact) mass is 410 g/mol. The van der Waals surface area contributed by atoms with Crippen molar-refractivity contribution in [2.24, 2.45) is 0 Å². The molecule has 1 aromatic carbocycles. The molecule has 136 valence electrons. The van der Waals surface area contributed by atoms with Crippen molar-refractivity contribution >= 4 is 38.1 Å². The second-order valence-corrected chi connectivity index (χ2v) is 8.38. The minimum Gasteiger partial charge on any atom is -0.386 e. The minimum absolute atomic E-state index is 0.0864. The van der Waals surface area contributed by atoms with E-state index in [1.807, 2.05) is 0 Å². The Kier molecular flexibility index (Phi) is 5.52. The quantitative estimate of drug-likeness (QED) is 0.647. The number of nitrogens with one attached hydrogen (secondary N) is 1. The molecule has 1 atom stereocenters. The molecule has 2 N–H and O–H groups in total. The molecular formula is C16H15ClN4O3S2. The van der Waals surface area contributed by atoms with E-state index in [1.165, 1.54) is 12.4 Å². The van der Waals surface area contributed by atoms with Gasteiger partial charge >= 0.3 is 0 Å². The van der Waals surface area contributed by atoms with Gasteiger partial charge in [0.15, 0.2) is 5.13 Å². The Hall–Kier alpha value is -2.07. The van der Waals surface area contributed by atoms with Crippen LogP contribution < -0.4 is 4.72 Å². The Bertz CT molecular complexity index is 1010. The molecule has 0 spiro atoms. The lowest BCUT2D eigenvalue weighted by Crippen LogP contribution is -2.14. The van der Waals surface area contributed by atoms with Gasteiger partial charge in [0.1, 0.15) is 12.4 Å². The highest BCUT2D eigenvalue weighted by Crippen LogP contribution is 2.27. The van der Waals surface area contributed by atoms with Gasteiger partial charge in [0.25, 0.3) is 10.0 Å². The first kappa shape index (κ1) is 18.7. The summed E-state index contributed by atoms with van der Waals surface area (Å²) in [6, 6.07) is 6.37. The Morgan fingerprint density at radius 1 is 1.35 bits per heavy atom. The molecule has 2 heterocycles. The third kappa shape index (κ3) is 4.18. The number of hydrogen-bond donors (Lipinski definition) is 2. The molecule has 0 radical (unpaired) electrons. The average molecular weight is 411 g/mol. The number of benzene rings is 1. The maximum Gasteiger partial charge on any atom is 0.263 e. The van der Waals surface area contributed by atoms with Gasteiger partial charge < -0.3 is 5.11 Å². The molecule has 26 heavy (non-hydrogen) atoms. The number of hydrogen-bond acceptors (Lipinski definition) is 7. The van der Waals surface area contributed by atoms with Crippen molar-refractivity contribution in [3.8, 4) is 0 Å². The molecule has 0 aliphatic rings. The summed E-state index contributed by atoms with van der Waals surface area (Å²) in [7, 11) is -3.83. The standard InChI is InChI=1S/C16H15ClN4O3S2/c1-10-12(17)3-2-4-15(10)26(23,24)21-16-20-13(8-25-16)14(22)7-11-5-6-18-9-19-11/h2-6,8-9,14,22H,7H2,1H3,(H,20,21). The maximum absolute atomic E-state index is 12.6. The molecular weight excluding hydrogens is 396 g/mol. The van der Waals surface area contributed by atoms with Gasteiger partial charge in [0.2, 0.25) is 0 Å². The first-order chi connectivity index (χ1) is 12.4. The first-order valence-electron chi connectivity index (χ1n) is 7.53.